The average Bonchev–Trinajstić information content (AvgIpc) is 2.09. The SMILES string of the molecule is CCCCCC[C@H](C)NN.O=S(=O)(O)O. The lowest BCUT2D eigenvalue weighted by atomic mass is 10.1. The standard InChI is InChI=1S/C8H20N2.H2O4S/c1-3-4-5-6-7-8(2)10-9;1-5(2,3)4/h8,10H,3-7,9H2,1-2H3;(H2,1,2,3,4)/t8-;/m0./s1. The minimum absolute atomic E-state index is 0.483. The van der Waals surface area contributed by atoms with Crippen molar-refractivity contribution in [3.8, 4) is 0 Å². The first-order valence-corrected chi connectivity index (χ1v) is 6.37. The number of hydrogen-bond donors (Lipinski definition) is 4. The summed E-state index contributed by atoms with van der Waals surface area (Å²) in [5, 5.41) is 0. The summed E-state index contributed by atoms with van der Waals surface area (Å²) in [6, 6.07) is 0.483. The number of rotatable bonds is 6. The van der Waals surface area contributed by atoms with Gasteiger partial charge in [-0.25, -0.2) is 0 Å². The third-order valence-electron chi connectivity index (χ3n) is 1.78. The Kier molecular flexibility index (Phi) is 11.8. The third-order valence-corrected chi connectivity index (χ3v) is 1.78. The van der Waals surface area contributed by atoms with Gasteiger partial charge in [0.15, 0.2) is 0 Å². The fourth-order valence-corrected chi connectivity index (χ4v) is 0.961. The number of hydrazine groups is 1. The Labute approximate surface area is 91.8 Å². The van der Waals surface area contributed by atoms with E-state index in [1.54, 1.807) is 0 Å². The van der Waals surface area contributed by atoms with Gasteiger partial charge in [0, 0.05) is 6.04 Å². The molecule has 0 aromatic carbocycles. The summed E-state index contributed by atoms with van der Waals surface area (Å²) in [6.45, 7) is 4.34. The Morgan fingerprint density at radius 2 is 1.73 bits per heavy atom. The summed E-state index contributed by atoms with van der Waals surface area (Å²) in [5.41, 5.74) is 2.74. The Balaban J connectivity index is 0. The summed E-state index contributed by atoms with van der Waals surface area (Å²) < 4.78 is 31.6. The van der Waals surface area contributed by atoms with Crippen molar-refractivity contribution in [3.05, 3.63) is 0 Å². The van der Waals surface area contributed by atoms with E-state index in [2.05, 4.69) is 19.3 Å². The van der Waals surface area contributed by atoms with Gasteiger partial charge in [-0.15, -0.1) is 0 Å². The predicted octanol–water partition coefficient (Wildman–Crippen LogP) is 1.16. The fourth-order valence-electron chi connectivity index (χ4n) is 0.961. The van der Waals surface area contributed by atoms with Crippen LogP contribution in [0.25, 0.3) is 0 Å². The molecule has 0 spiro atoms. The van der Waals surface area contributed by atoms with Gasteiger partial charge >= 0.3 is 10.4 Å². The Hall–Kier alpha value is -0.210. The van der Waals surface area contributed by atoms with Gasteiger partial charge in [-0.05, 0) is 13.3 Å². The highest BCUT2D eigenvalue weighted by molar-refractivity contribution is 7.79. The van der Waals surface area contributed by atoms with Crippen LogP contribution in [0.2, 0.25) is 0 Å². The molecule has 0 rings (SSSR count). The van der Waals surface area contributed by atoms with Gasteiger partial charge in [0.05, 0.1) is 0 Å². The van der Waals surface area contributed by atoms with Crippen LogP contribution in [-0.4, -0.2) is 23.6 Å². The topological polar surface area (TPSA) is 113 Å². The van der Waals surface area contributed by atoms with Crippen LogP contribution in [0.1, 0.15) is 46.0 Å². The minimum Gasteiger partial charge on any atom is -0.271 e. The summed E-state index contributed by atoms with van der Waals surface area (Å²) in [5.74, 6) is 5.24. The van der Waals surface area contributed by atoms with Crippen molar-refractivity contribution >= 4 is 10.4 Å². The number of nitrogens with two attached hydrogens (primary N) is 1. The van der Waals surface area contributed by atoms with Crippen LogP contribution >= 0.6 is 0 Å². The molecule has 0 aliphatic rings. The van der Waals surface area contributed by atoms with Crippen molar-refractivity contribution < 1.29 is 17.5 Å². The van der Waals surface area contributed by atoms with Crippen molar-refractivity contribution in [2.75, 3.05) is 0 Å². The molecule has 0 fully saturated rings. The monoisotopic (exact) mass is 242 g/mol. The zero-order valence-corrected chi connectivity index (χ0v) is 10.1. The molecule has 6 nitrogen and oxygen atoms in total. The van der Waals surface area contributed by atoms with Crippen molar-refractivity contribution in [3.63, 3.8) is 0 Å². The van der Waals surface area contributed by atoms with Gasteiger partial charge in [-0.2, -0.15) is 8.42 Å². The van der Waals surface area contributed by atoms with Crippen LogP contribution in [0.4, 0.5) is 0 Å². The van der Waals surface area contributed by atoms with Gasteiger partial charge in [0.2, 0.25) is 0 Å². The van der Waals surface area contributed by atoms with Crippen molar-refractivity contribution in [1.29, 1.82) is 0 Å². The van der Waals surface area contributed by atoms with Gasteiger partial charge in [-0.1, -0.05) is 32.6 Å². The first-order chi connectivity index (χ1) is 6.81. The Morgan fingerprint density at radius 1 is 1.27 bits per heavy atom. The van der Waals surface area contributed by atoms with Crippen LogP contribution in [-0.2, 0) is 10.4 Å². The van der Waals surface area contributed by atoms with Crippen molar-refractivity contribution in [1.82, 2.24) is 5.43 Å². The minimum atomic E-state index is -4.67. The second-order valence-corrected chi connectivity index (χ2v) is 4.26. The zero-order chi connectivity index (χ0) is 12.3. The zero-order valence-electron chi connectivity index (χ0n) is 9.31. The van der Waals surface area contributed by atoms with E-state index in [1.165, 1.54) is 32.1 Å². The molecule has 0 aromatic rings. The molecule has 94 valence electrons. The molecule has 0 amide bonds. The molecular formula is C8H22N2O4S. The highest BCUT2D eigenvalue weighted by atomic mass is 32.3. The maximum atomic E-state index is 8.74. The summed E-state index contributed by atoms with van der Waals surface area (Å²) in [6.07, 6.45) is 6.53. The van der Waals surface area contributed by atoms with Crippen LogP contribution < -0.4 is 11.3 Å². The maximum Gasteiger partial charge on any atom is 0.394 e. The lowest BCUT2D eigenvalue weighted by Gasteiger charge is -2.07. The molecule has 0 aliphatic heterocycles. The molecule has 0 saturated carbocycles. The fraction of sp³-hybridized carbons (Fsp3) is 1.00. The van der Waals surface area contributed by atoms with E-state index in [-0.39, 0.29) is 0 Å². The lowest BCUT2D eigenvalue weighted by molar-refractivity contribution is 0.381. The van der Waals surface area contributed by atoms with E-state index in [1.807, 2.05) is 0 Å². The lowest BCUT2D eigenvalue weighted by Crippen LogP contribution is -2.32. The average molecular weight is 242 g/mol. The number of nitrogens with one attached hydrogen (secondary N) is 1. The van der Waals surface area contributed by atoms with Gasteiger partial charge in [0.25, 0.3) is 0 Å². The highest BCUT2D eigenvalue weighted by Crippen LogP contribution is 2.04. The van der Waals surface area contributed by atoms with Crippen LogP contribution in [0.3, 0.4) is 0 Å². The van der Waals surface area contributed by atoms with E-state index < -0.39 is 10.4 Å². The van der Waals surface area contributed by atoms with E-state index in [0.29, 0.717) is 6.04 Å². The molecule has 0 aliphatic carbocycles. The summed E-state index contributed by atoms with van der Waals surface area (Å²) in [7, 11) is -4.67. The first kappa shape index (κ1) is 17.2. The second kappa shape index (κ2) is 10.3. The highest BCUT2D eigenvalue weighted by Gasteiger charge is 1.96. The number of unbranched alkanes of at least 4 members (excludes halogenated alkanes) is 3. The van der Waals surface area contributed by atoms with E-state index >= 15 is 0 Å². The summed E-state index contributed by atoms with van der Waals surface area (Å²) >= 11 is 0. The van der Waals surface area contributed by atoms with Crippen LogP contribution in [0.15, 0.2) is 0 Å². The Bertz CT molecular complexity index is 211. The van der Waals surface area contributed by atoms with E-state index in [4.69, 9.17) is 23.4 Å². The number of hydrogen-bond acceptors (Lipinski definition) is 4. The van der Waals surface area contributed by atoms with Gasteiger partial charge in [0.1, 0.15) is 0 Å². The quantitative estimate of drug-likeness (QED) is 0.240. The molecule has 0 radical (unpaired) electrons. The molecule has 15 heavy (non-hydrogen) atoms. The maximum absolute atomic E-state index is 8.74. The smallest absolute Gasteiger partial charge is 0.271 e. The molecule has 0 heterocycles. The van der Waals surface area contributed by atoms with E-state index in [9.17, 15) is 0 Å². The van der Waals surface area contributed by atoms with Gasteiger partial charge < -0.3 is 0 Å². The normalized spacial score (nSPS) is 12.9. The van der Waals surface area contributed by atoms with Crippen LogP contribution in [0.5, 0.6) is 0 Å². The van der Waals surface area contributed by atoms with Crippen LogP contribution in [0, 0.1) is 0 Å². The van der Waals surface area contributed by atoms with Crippen molar-refractivity contribution in [2.24, 2.45) is 5.84 Å². The van der Waals surface area contributed by atoms with Crippen molar-refractivity contribution in [2.45, 2.75) is 52.0 Å². The predicted molar refractivity (Wildman–Crippen MR) is 59.7 cm³/mol. The molecule has 0 bridgehead atoms. The molecule has 0 aromatic heterocycles. The second-order valence-electron chi connectivity index (χ2n) is 3.36. The van der Waals surface area contributed by atoms with E-state index in [0.717, 1.165) is 0 Å². The largest absolute Gasteiger partial charge is 0.394 e. The molecule has 0 saturated heterocycles. The summed E-state index contributed by atoms with van der Waals surface area (Å²) in [4.78, 5) is 0. The molecule has 7 heteroatoms. The molecule has 1 atom stereocenters. The Morgan fingerprint density at radius 3 is 2.07 bits per heavy atom. The first-order valence-electron chi connectivity index (χ1n) is 4.97. The molecular weight excluding hydrogens is 220 g/mol. The third kappa shape index (κ3) is 31.6. The molecule has 5 N–H and O–H groups in total. The van der Waals surface area contributed by atoms with Gasteiger partial charge in [-0.3, -0.25) is 20.4 Å². The molecule has 0 unspecified atom stereocenters.